The number of anilines is 1. The van der Waals surface area contributed by atoms with E-state index in [0.717, 1.165) is 27.8 Å². The van der Waals surface area contributed by atoms with Crippen molar-refractivity contribution in [2.75, 3.05) is 11.1 Å². The monoisotopic (exact) mass is 260 g/mol. The van der Waals surface area contributed by atoms with Crippen molar-refractivity contribution in [1.29, 1.82) is 5.26 Å². The summed E-state index contributed by atoms with van der Waals surface area (Å²) < 4.78 is 0. The van der Waals surface area contributed by atoms with Gasteiger partial charge in [0.2, 0.25) is 0 Å². The molecule has 1 unspecified atom stereocenters. The predicted molar refractivity (Wildman–Crippen MR) is 78.0 cm³/mol. The summed E-state index contributed by atoms with van der Waals surface area (Å²) in [6.45, 7) is 4.32. The number of nitrogens with one attached hydrogen (secondary N) is 1. The van der Waals surface area contributed by atoms with Gasteiger partial charge in [0, 0.05) is 10.9 Å². The molecule has 1 fully saturated rings. The van der Waals surface area contributed by atoms with Crippen molar-refractivity contribution < 1.29 is 0 Å². The standard InChI is InChI=1S/C15H20N2S/c1-3-18-15-6-4-5-14(13(15)10-16)17-11(2)9-12-7-8-12/h4-6,11-12,17H,3,7-9H2,1-2H3. The predicted octanol–water partition coefficient (Wildman–Crippen LogP) is 4.27. The molecule has 0 radical (unpaired) electrons. The van der Waals surface area contributed by atoms with E-state index in [-0.39, 0.29) is 0 Å². The Morgan fingerprint density at radius 2 is 2.28 bits per heavy atom. The minimum Gasteiger partial charge on any atom is -0.381 e. The second kappa shape index (κ2) is 6.15. The van der Waals surface area contributed by atoms with Crippen LogP contribution in [0.2, 0.25) is 0 Å². The van der Waals surface area contributed by atoms with Gasteiger partial charge in [-0.2, -0.15) is 5.26 Å². The topological polar surface area (TPSA) is 35.8 Å². The van der Waals surface area contributed by atoms with Crippen molar-refractivity contribution in [2.45, 2.75) is 44.0 Å². The van der Waals surface area contributed by atoms with Crippen LogP contribution in [0.15, 0.2) is 23.1 Å². The van der Waals surface area contributed by atoms with Gasteiger partial charge in [-0.3, -0.25) is 0 Å². The summed E-state index contributed by atoms with van der Waals surface area (Å²) in [5.74, 6) is 1.90. The number of benzene rings is 1. The Morgan fingerprint density at radius 3 is 2.89 bits per heavy atom. The fourth-order valence-corrected chi connectivity index (χ4v) is 3.01. The average Bonchev–Trinajstić information content (AvgIpc) is 3.13. The number of nitrogens with zero attached hydrogens (tertiary/aromatic N) is 1. The first-order valence-corrected chi connectivity index (χ1v) is 7.65. The maximum atomic E-state index is 9.33. The fourth-order valence-electron chi connectivity index (χ4n) is 2.22. The molecule has 1 aliphatic rings. The molecule has 1 N–H and O–H groups in total. The lowest BCUT2D eigenvalue weighted by Crippen LogP contribution is -2.16. The number of hydrogen-bond donors (Lipinski definition) is 1. The maximum Gasteiger partial charge on any atom is 0.102 e. The third-order valence-corrected chi connectivity index (χ3v) is 4.16. The molecule has 0 spiro atoms. The Kier molecular flexibility index (Phi) is 4.54. The maximum absolute atomic E-state index is 9.33. The molecule has 0 saturated heterocycles. The van der Waals surface area contributed by atoms with E-state index in [1.54, 1.807) is 11.8 Å². The van der Waals surface area contributed by atoms with E-state index in [4.69, 9.17) is 0 Å². The first-order valence-electron chi connectivity index (χ1n) is 6.67. The molecule has 2 rings (SSSR count). The van der Waals surface area contributed by atoms with Crippen molar-refractivity contribution in [3.05, 3.63) is 23.8 Å². The minimum atomic E-state index is 0.450. The van der Waals surface area contributed by atoms with Crippen LogP contribution < -0.4 is 5.32 Å². The van der Waals surface area contributed by atoms with Crippen molar-refractivity contribution in [1.82, 2.24) is 0 Å². The van der Waals surface area contributed by atoms with Gasteiger partial charge in [-0.25, -0.2) is 0 Å². The zero-order valence-electron chi connectivity index (χ0n) is 11.1. The third kappa shape index (κ3) is 3.43. The molecule has 0 heterocycles. The van der Waals surface area contributed by atoms with Crippen LogP contribution in [0.3, 0.4) is 0 Å². The Hall–Kier alpha value is -1.14. The molecule has 0 bridgehead atoms. The van der Waals surface area contributed by atoms with Crippen LogP contribution in [0.4, 0.5) is 5.69 Å². The van der Waals surface area contributed by atoms with Crippen LogP contribution in [0.5, 0.6) is 0 Å². The van der Waals surface area contributed by atoms with Crippen LogP contribution in [-0.2, 0) is 0 Å². The second-order valence-electron chi connectivity index (χ2n) is 4.95. The average molecular weight is 260 g/mol. The van der Waals surface area contributed by atoms with Crippen LogP contribution in [0, 0.1) is 17.2 Å². The lowest BCUT2D eigenvalue weighted by atomic mass is 10.1. The number of nitriles is 1. The first-order chi connectivity index (χ1) is 8.74. The zero-order valence-corrected chi connectivity index (χ0v) is 11.9. The van der Waals surface area contributed by atoms with Crippen LogP contribution in [0.1, 0.15) is 38.7 Å². The largest absolute Gasteiger partial charge is 0.381 e. The molecule has 1 aliphatic carbocycles. The SMILES string of the molecule is CCSc1cccc(NC(C)CC2CC2)c1C#N. The van der Waals surface area contributed by atoms with Gasteiger partial charge in [0.25, 0.3) is 0 Å². The fraction of sp³-hybridized carbons (Fsp3) is 0.533. The smallest absolute Gasteiger partial charge is 0.102 e. The van der Waals surface area contributed by atoms with E-state index < -0.39 is 0 Å². The molecule has 3 heteroatoms. The summed E-state index contributed by atoms with van der Waals surface area (Å²) in [6, 6.07) is 8.87. The van der Waals surface area contributed by atoms with Crippen molar-refractivity contribution >= 4 is 17.4 Å². The van der Waals surface area contributed by atoms with Crippen LogP contribution >= 0.6 is 11.8 Å². The minimum absolute atomic E-state index is 0.450. The highest BCUT2D eigenvalue weighted by Gasteiger charge is 2.23. The molecule has 1 aromatic rings. The Labute approximate surface area is 114 Å². The van der Waals surface area contributed by atoms with E-state index in [1.807, 2.05) is 18.2 Å². The Morgan fingerprint density at radius 1 is 1.50 bits per heavy atom. The zero-order chi connectivity index (χ0) is 13.0. The lowest BCUT2D eigenvalue weighted by Gasteiger charge is -2.17. The molecule has 0 aromatic heterocycles. The van der Waals surface area contributed by atoms with Gasteiger partial charge >= 0.3 is 0 Å². The second-order valence-corrected chi connectivity index (χ2v) is 6.25. The highest BCUT2D eigenvalue weighted by Crippen LogP contribution is 2.35. The van der Waals surface area contributed by atoms with Gasteiger partial charge in [-0.15, -0.1) is 11.8 Å². The van der Waals surface area contributed by atoms with Crippen molar-refractivity contribution in [2.24, 2.45) is 5.92 Å². The van der Waals surface area contributed by atoms with E-state index in [0.29, 0.717) is 6.04 Å². The summed E-state index contributed by atoms with van der Waals surface area (Å²) in [5, 5.41) is 12.8. The summed E-state index contributed by atoms with van der Waals surface area (Å²) in [6.07, 6.45) is 3.97. The molecule has 0 amide bonds. The van der Waals surface area contributed by atoms with E-state index in [9.17, 15) is 5.26 Å². The lowest BCUT2D eigenvalue weighted by molar-refractivity contribution is 0.642. The molecule has 1 atom stereocenters. The van der Waals surface area contributed by atoms with Gasteiger partial charge in [0.1, 0.15) is 6.07 Å². The third-order valence-electron chi connectivity index (χ3n) is 3.22. The summed E-state index contributed by atoms with van der Waals surface area (Å²) >= 11 is 1.73. The molecule has 2 nitrogen and oxygen atoms in total. The van der Waals surface area contributed by atoms with E-state index >= 15 is 0 Å². The van der Waals surface area contributed by atoms with Gasteiger partial charge in [-0.1, -0.05) is 25.8 Å². The van der Waals surface area contributed by atoms with E-state index in [2.05, 4.69) is 25.2 Å². The van der Waals surface area contributed by atoms with Crippen LogP contribution in [0.25, 0.3) is 0 Å². The molecule has 1 aromatic carbocycles. The molecular formula is C15H20N2S. The van der Waals surface area contributed by atoms with Gasteiger partial charge in [-0.05, 0) is 37.1 Å². The summed E-state index contributed by atoms with van der Waals surface area (Å²) in [7, 11) is 0. The molecule has 96 valence electrons. The highest BCUT2D eigenvalue weighted by molar-refractivity contribution is 7.99. The van der Waals surface area contributed by atoms with E-state index in [1.165, 1.54) is 19.3 Å². The van der Waals surface area contributed by atoms with Crippen LogP contribution in [-0.4, -0.2) is 11.8 Å². The molecule has 1 saturated carbocycles. The van der Waals surface area contributed by atoms with Crippen molar-refractivity contribution in [3.8, 4) is 6.07 Å². The van der Waals surface area contributed by atoms with Crippen molar-refractivity contribution in [3.63, 3.8) is 0 Å². The van der Waals surface area contributed by atoms with Gasteiger partial charge in [0.05, 0.1) is 11.3 Å². The quantitative estimate of drug-likeness (QED) is 0.776. The highest BCUT2D eigenvalue weighted by atomic mass is 32.2. The summed E-state index contributed by atoms with van der Waals surface area (Å²) in [4.78, 5) is 1.09. The Bertz CT molecular complexity index is 446. The van der Waals surface area contributed by atoms with Gasteiger partial charge < -0.3 is 5.32 Å². The first kappa shape index (κ1) is 13.3. The summed E-state index contributed by atoms with van der Waals surface area (Å²) in [5.41, 5.74) is 1.79. The number of hydrogen-bond acceptors (Lipinski definition) is 3. The Balaban J connectivity index is 2.10. The molecule has 18 heavy (non-hydrogen) atoms. The van der Waals surface area contributed by atoms with Gasteiger partial charge in [0.15, 0.2) is 0 Å². The molecular weight excluding hydrogens is 240 g/mol. The molecule has 0 aliphatic heterocycles. The number of rotatable bonds is 6. The number of thioether (sulfide) groups is 1. The normalized spacial score (nSPS) is 16.1.